The lowest BCUT2D eigenvalue weighted by Gasteiger charge is -2.42. The molecule has 34 heavy (non-hydrogen) atoms. The summed E-state index contributed by atoms with van der Waals surface area (Å²) in [6, 6.07) is 11.2. The van der Waals surface area contributed by atoms with Gasteiger partial charge in [-0.05, 0) is 37.5 Å². The maximum Gasteiger partial charge on any atom is 0.275 e. The van der Waals surface area contributed by atoms with E-state index in [9.17, 15) is 18.0 Å². The van der Waals surface area contributed by atoms with Gasteiger partial charge in [0.05, 0.1) is 17.6 Å². The van der Waals surface area contributed by atoms with E-state index in [1.54, 1.807) is 30.3 Å². The second-order valence-corrected chi connectivity index (χ2v) is 9.77. The molecule has 0 bridgehead atoms. The van der Waals surface area contributed by atoms with E-state index in [-0.39, 0.29) is 24.0 Å². The molecule has 1 aromatic heterocycles. The number of nitrogens with two attached hydrogens (primary N) is 1. The average molecular weight is 490 g/mol. The normalized spacial score (nSPS) is 18.3. The number of anilines is 1. The van der Waals surface area contributed by atoms with Crippen LogP contribution >= 0.6 is 0 Å². The maximum absolute atomic E-state index is 12.8. The fourth-order valence-corrected chi connectivity index (χ4v) is 5.13. The number of aromatic nitrogens is 1. The summed E-state index contributed by atoms with van der Waals surface area (Å²) >= 11 is 0. The number of ether oxygens (including phenoxy) is 1. The zero-order valence-corrected chi connectivity index (χ0v) is 20.0. The number of carbonyl (C=O) groups excluding carboxylic acids is 1. The van der Waals surface area contributed by atoms with Crippen LogP contribution in [-0.4, -0.2) is 49.2 Å². The average Bonchev–Trinajstić information content (AvgIpc) is 2.78. The molecule has 4 N–H and O–H groups in total. The number of benzene rings is 1. The van der Waals surface area contributed by atoms with Gasteiger partial charge in [-0.1, -0.05) is 36.9 Å². The number of hydrogen-bond acceptors (Lipinski definition) is 7. The van der Waals surface area contributed by atoms with E-state index in [2.05, 4.69) is 16.6 Å². The predicted molar refractivity (Wildman–Crippen MR) is 130 cm³/mol. The summed E-state index contributed by atoms with van der Waals surface area (Å²) in [6.07, 6.45) is 2.47. The van der Waals surface area contributed by atoms with Crippen molar-refractivity contribution in [2.24, 2.45) is 5.73 Å². The zero-order chi connectivity index (χ0) is 24.7. The van der Waals surface area contributed by atoms with E-state index in [0.717, 1.165) is 11.0 Å². The lowest BCUT2D eigenvalue weighted by Crippen LogP contribution is -2.57. The highest BCUT2D eigenvalue weighted by atomic mass is 32.2. The van der Waals surface area contributed by atoms with Gasteiger partial charge in [0, 0.05) is 19.3 Å². The SMILES string of the molecule is C=C(N)N1CCCC(NC(=O)Cn2cccc(NS(=O)(=O)Cc3ccccc3)c2=O)C1OCC. The first-order chi connectivity index (χ1) is 16.2. The molecule has 10 nitrogen and oxygen atoms in total. The van der Waals surface area contributed by atoms with Gasteiger partial charge in [-0.2, -0.15) is 0 Å². The zero-order valence-electron chi connectivity index (χ0n) is 19.1. The Morgan fingerprint density at radius 3 is 2.65 bits per heavy atom. The van der Waals surface area contributed by atoms with Gasteiger partial charge in [0.1, 0.15) is 12.2 Å². The summed E-state index contributed by atoms with van der Waals surface area (Å²) < 4.78 is 34.3. The van der Waals surface area contributed by atoms with Gasteiger partial charge >= 0.3 is 0 Å². The van der Waals surface area contributed by atoms with Gasteiger partial charge in [0.2, 0.25) is 15.9 Å². The lowest BCUT2D eigenvalue weighted by atomic mass is 10.0. The number of pyridine rings is 1. The monoisotopic (exact) mass is 489 g/mol. The van der Waals surface area contributed by atoms with Crippen LogP contribution in [0.3, 0.4) is 0 Å². The topological polar surface area (TPSA) is 136 Å². The molecule has 1 aliphatic heterocycles. The molecule has 0 spiro atoms. The van der Waals surface area contributed by atoms with E-state index in [0.29, 0.717) is 31.0 Å². The number of rotatable bonds is 10. The van der Waals surface area contributed by atoms with Crippen LogP contribution in [0.1, 0.15) is 25.3 Å². The van der Waals surface area contributed by atoms with Crippen molar-refractivity contribution >= 4 is 21.6 Å². The van der Waals surface area contributed by atoms with Gasteiger partial charge in [-0.25, -0.2) is 8.42 Å². The van der Waals surface area contributed by atoms with E-state index >= 15 is 0 Å². The van der Waals surface area contributed by atoms with Crippen LogP contribution in [0.25, 0.3) is 0 Å². The number of piperidine rings is 1. The fourth-order valence-electron chi connectivity index (χ4n) is 3.94. The minimum atomic E-state index is -3.81. The molecule has 0 aliphatic carbocycles. The highest BCUT2D eigenvalue weighted by Crippen LogP contribution is 2.21. The van der Waals surface area contributed by atoms with Crippen LogP contribution in [0, 0.1) is 0 Å². The smallest absolute Gasteiger partial charge is 0.275 e. The summed E-state index contributed by atoms with van der Waals surface area (Å²) in [5.41, 5.74) is 5.73. The van der Waals surface area contributed by atoms with E-state index in [4.69, 9.17) is 10.5 Å². The summed E-state index contributed by atoms with van der Waals surface area (Å²) in [6.45, 7) is 6.48. The van der Waals surface area contributed by atoms with E-state index in [1.807, 2.05) is 11.8 Å². The highest BCUT2D eigenvalue weighted by Gasteiger charge is 2.33. The minimum absolute atomic E-state index is 0.123. The van der Waals surface area contributed by atoms with Crippen LogP contribution < -0.4 is 21.3 Å². The lowest BCUT2D eigenvalue weighted by molar-refractivity contribution is -0.128. The van der Waals surface area contributed by atoms with Crippen LogP contribution in [0.15, 0.2) is 65.9 Å². The number of hydrogen-bond donors (Lipinski definition) is 3. The summed E-state index contributed by atoms with van der Waals surface area (Å²) in [5.74, 6) is -0.304. The molecule has 1 amide bonds. The molecule has 1 saturated heterocycles. The maximum atomic E-state index is 12.8. The van der Waals surface area contributed by atoms with E-state index < -0.39 is 27.7 Å². The Hall–Kier alpha value is -3.31. The van der Waals surface area contributed by atoms with Crippen LogP contribution in [0.4, 0.5) is 5.69 Å². The first kappa shape index (κ1) is 25.3. The van der Waals surface area contributed by atoms with Gasteiger partial charge in [-0.15, -0.1) is 0 Å². The number of nitrogens with zero attached hydrogens (tertiary/aromatic N) is 2. The molecule has 0 saturated carbocycles. The third-order valence-electron chi connectivity index (χ3n) is 5.42. The number of nitrogens with one attached hydrogen (secondary N) is 2. The Balaban J connectivity index is 1.69. The standard InChI is InChI=1S/C23H31N5O5S/c1-3-33-23-20(12-8-14-28(23)17(2)24)25-21(29)15-27-13-7-11-19(22(27)30)26-34(31,32)16-18-9-5-4-6-10-18/h4-7,9-11,13,20,23,26H,2-3,8,12,14-16,24H2,1H3,(H,25,29). The predicted octanol–water partition coefficient (Wildman–Crippen LogP) is 1.16. The molecular weight excluding hydrogens is 458 g/mol. The van der Waals surface area contributed by atoms with Crippen molar-refractivity contribution in [2.45, 2.75) is 44.3 Å². The quantitative estimate of drug-likeness (QED) is 0.456. The number of sulfonamides is 1. The number of carbonyl (C=O) groups is 1. The Morgan fingerprint density at radius 1 is 1.24 bits per heavy atom. The molecule has 2 atom stereocenters. The van der Waals surface area contributed by atoms with Gasteiger partial charge in [-0.3, -0.25) is 14.3 Å². The van der Waals surface area contributed by atoms with E-state index in [1.165, 1.54) is 18.3 Å². The van der Waals surface area contributed by atoms with Crippen molar-refractivity contribution in [3.05, 3.63) is 77.0 Å². The second kappa shape index (κ2) is 11.2. The molecule has 184 valence electrons. The Bertz CT molecular complexity index is 1170. The minimum Gasteiger partial charge on any atom is -0.386 e. The number of amides is 1. The summed E-state index contributed by atoms with van der Waals surface area (Å²) in [7, 11) is -3.81. The first-order valence-corrected chi connectivity index (χ1v) is 12.7. The van der Waals surface area contributed by atoms with Gasteiger partial charge in [0.25, 0.3) is 5.56 Å². The Morgan fingerprint density at radius 2 is 1.97 bits per heavy atom. The Kier molecular flexibility index (Phi) is 8.35. The molecule has 11 heteroatoms. The van der Waals surface area contributed by atoms with Gasteiger partial charge < -0.3 is 25.3 Å². The highest BCUT2D eigenvalue weighted by molar-refractivity contribution is 7.91. The molecule has 2 unspecified atom stereocenters. The van der Waals surface area contributed by atoms with Crippen molar-refractivity contribution in [1.82, 2.24) is 14.8 Å². The molecule has 0 radical (unpaired) electrons. The van der Waals surface area contributed by atoms with Crippen LogP contribution in [0.2, 0.25) is 0 Å². The van der Waals surface area contributed by atoms with Crippen molar-refractivity contribution < 1.29 is 17.9 Å². The summed E-state index contributed by atoms with van der Waals surface area (Å²) in [4.78, 5) is 27.4. The molecule has 3 rings (SSSR count). The fraction of sp³-hybridized carbons (Fsp3) is 0.391. The van der Waals surface area contributed by atoms with Crippen molar-refractivity contribution in [2.75, 3.05) is 17.9 Å². The van der Waals surface area contributed by atoms with Crippen molar-refractivity contribution in [1.29, 1.82) is 0 Å². The first-order valence-electron chi connectivity index (χ1n) is 11.1. The van der Waals surface area contributed by atoms with Gasteiger partial charge in [0.15, 0.2) is 6.23 Å². The molecular formula is C23H31N5O5S. The number of likely N-dealkylation sites (tertiary alicyclic amines) is 1. The largest absolute Gasteiger partial charge is 0.386 e. The third kappa shape index (κ3) is 6.61. The molecule has 1 fully saturated rings. The molecule has 1 aliphatic rings. The molecule has 1 aromatic carbocycles. The van der Waals surface area contributed by atoms with Crippen molar-refractivity contribution in [3.8, 4) is 0 Å². The summed E-state index contributed by atoms with van der Waals surface area (Å²) in [5, 5.41) is 2.91. The van der Waals surface area contributed by atoms with Crippen molar-refractivity contribution in [3.63, 3.8) is 0 Å². The molecule has 2 aromatic rings. The van der Waals surface area contributed by atoms with Crippen LogP contribution in [0.5, 0.6) is 0 Å². The molecule has 2 heterocycles. The third-order valence-corrected chi connectivity index (χ3v) is 6.66. The van der Waals surface area contributed by atoms with Crippen LogP contribution in [-0.2, 0) is 31.9 Å². The second-order valence-electron chi connectivity index (χ2n) is 8.05. The Labute approximate surface area is 199 Å².